The second kappa shape index (κ2) is 8.89. The van der Waals surface area contributed by atoms with Gasteiger partial charge in [-0.1, -0.05) is 20.8 Å². The Labute approximate surface area is 98.3 Å². The summed E-state index contributed by atoms with van der Waals surface area (Å²) in [5, 5.41) is 3.21. The van der Waals surface area contributed by atoms with E-state index < -0.39 is 0 Å². The van der Waals surface area contributed by atoms with Crippen LogP contribution in [0.2, 0.25) is 0 Å². The number of aliphatic imine (C=N–C) groups is 1. The summed E-state index contributed by atoms with van der Waals surface area (Å²) in [6, 6.07) is 0.417. The molecule has 15 heavy (non-hydrogen) atoms. The molecule has 1 atom stereocenters. The van der Waals surface area contributed by atoms with Gasteiger partial charge in [-0.2, -0.15) is 11.8 Å². The summed E-state index contributed by atoms with van der Waals surface area (Å²) >= 11 is 1.96. The van der Waals surface area contributed by atoms with Gasteiger partial charge in [0, 0.05) is 12.6 Å². The van der Waals surface area contributed by atoms with Crippen LogP contribution >= 0.6 is 11.8 Å². The maximum absolute atomic E-state index is 5.76. The van der Waals surface area contributed by atoms with Crippen LogP contribution in [-0.4, -0.2) is 30.1 Å². The maximum atomic E-state index is 5.76. The monoisotopic (exact) mass is 231 g/mol. The molecule has 0 aromatic carbocycles. The second-order valence-electron chi connectivity index (χ2n) is 4.15. The van der Waals surface area contributed by atoms with Crippen molar-refractivity contribution in [3.05, 3.63) is 0 Å². The van der Waals surface area contributed by atoms with Crippen molar-refractivity contribution in [2.45, 2.75) is 40.2 Å². The number of hydrogen-bond acceptors (Lipinski definition) is 2. The van der Waals surface area contributed by atoms with Gasteiger partial charge in [-0.15, -0.1) is 0 Å². The second-order valence-corrected chi connectivity index (χ2v) is 5.54. The van der Waals surface area contributed by atoms with Gasteiger partial charge in [0.05, 0.1) is 0 Å². The van der Waals surface area contributed by atoms with Crippen LogP contribution in [0.5, 0.6) is 0 Å². The number of hydrogen-bond donors (Lipinski definition) is 2. The van der Waals surface area contributed by atoms with Gasteiger partial charge in [-0.05, 0) is 30.8 Å². The highest BCUT2D eigenvalue weighted by atomic mass is 32.2. The molecule has 0 aliphatic heterocycles. The van der Waals surface area contributed by atoms with Crippen LogP contribution in [0.1, 0.15) is 34.1 Å². The third kappa shape index (κ3) is 9.91. The summed E-state index contributed by atoms with van der Waals surface area (Å²) in [6.07, 6.45) is 1.14. The van der Waals surface area contributed by atoms with E-state index in [9.17, 15) is 0 Å². The number of nitrogens with zero attached hydrogens (tertiary/aromatic N) is 1. The van der Waals surface area contributed by atoms with Crippen LogP contribution in [0.15, 0.2) is 4.99 Å². The predicted octanol–water partition coefficient (Wildman–Crippen LogP) is 2.08. The molecule has 0 fully saturated rings. The van der Waals surface area contributed by atoms with E-state index in [-0.39, 0.29) is 0 Å². The lowest BCUT2D eigenvalue weighted by Crippen LogP contribution is -2.39. The fraction of sp³-hybridized carbons (Fsp3) is 0.909. The molecule has 0 heterocycles. The van der Waals surface area contributed by atoms with Crippen molar-refractivity contribution in [2.75, 3.05) is 18.1 Å². The summed E-state index contributed by atoms with van der Waals surface area (Å²) in [6.45, 7) is 9.40. The molecule has 0 rings (SSSR count). The van der Waals surface area contributed by atoms with Gasteiger partial charge in [0.1, 0.15) is 0 Å². The molecular weight excluding hydrogens is 206 g/mol. The number of nitrogens with two attached hydrogens (primary N) is 1. The van der Waals surface area contributed by atoms with Crippen LogP contribution in [-0.2, 0) is 0 Å². The topological polar surface area (TPSA) is 50.4 Å². The molecule has 0 aromatic rings. The Morgan fingerprint density at radius 3 is 2.60 bits per heavy atom. The molecule has 0 radical (unpaired) electrons. The first-order chi connectivity index (χ1) is 7.06. The summed E-state index contributed by atoms with van der Waals surface area (Å²) in [5.74, 6) is 3.51. The van der Waals surface area contributed by atoms with E-state index in [1.165, 1.54) is 11.5 Å². The summed E-state index contributed by atoms with van der Waals surface area (Å²) in [4.78, 5) is 4.27. The van der Waals surface area contributed by atoms with Crippen LogP contribution in [0.4, 0.5) is 0 Å². The lowest BCUT2D eigenvalue weighted by atomic mass is 10.2. The number of rotatable bonds is 7. The van der Waals surface area contributed by atoms with Crippen molar-refractivity contribution < 1.29 is 0 Å². The SMILES string of the molecule is CCSCCC(C)NC(N)=NCC(C)C. The Morgan fingerprint density at radius 2 is 2.07 bits per heavy atom. The summed E-state index contributed by atoms with van der Waals surface area (Å²) in [5.41, 5.74) is 5.76. The largest absolute Gasteiger partial charge is 0.370 e. The van der Waals surface area contributed by atoms with Crippen molar-refractivity contribution in [2.24, 2.45) is 16.6 Å². The van der Waals surface area contributed by atoms with Crippen LogP contribution in [0.25, 0.3) is 0 Å². The first-order valence-corrected chi connectivity index (χ1v) is 6.85. The third-order valence-corrected chi connectivity index (χ3v) is 2.85. The minimum absolute atomic E-state index is 0.417. The molecule has 3 nitrogen and oxygen atoms in total. The van der Waals surface area contributed by atoms with E-state index in [4.69, 9.17) is 5.73 Å². The fourth-order valence-corrected chi connectivity index (χ4v) is 1.86. The first-order valence-electron chi connectivity index (χ1n) is 5.70. The normalized spacial score (nSPS) is 14.3. The van der Waals surface area contributed by atoms with Crippen molar-refractivity contribution in [1.82, 2.24) is 5.32 Å². The average molecular weight is 231 g/mol. The van der Waals surface area contributed by atoms with Gasteiger partial charge in [0.25, 0.3) is 0 Å². The first kappa shape index (κ1) is 14.6. The lowest BCUT2D eigenvalue weighted by molar-refractivity contribution is 0.627. The van der Waals surface area contributed by atoms with E-state index in [0.29, 0.717) is 17.9 Å². The van der Waals surface area contributed by atoms with Crippen molar-refractivity contribution in [3.8, 4) is 0 Å². The van der Waals surface area contributed by atoms with Gasteiger partial charge in [0.15, 0.2) is 5.96 Å². The number of nitrogens with one attached hydrogen (secondary N) is 1. The quantitative estimate of drug-likeness (QED) is 0.401. The lowest BCUT2D eigenvalue weighted by Gasteiger charge is -2.14. The van der Waals surface area contributed by atoms with E-state index >= 15 is 0 Å². The molecule has 0 aliphatic rings. The van der Waals surface area contributed by atoms with Gasteiger partial charge in [-0.25, -0.2) is 0 Å². The van der Waals surface area contributed by atoms with Crippen LogP contribution in [0.3, 0.4) is 0 Å². The molecule has 4 heteroatoms. The summed E-state index contributed by atoms with van der Waals surface area (Å²) < 4.78 is 0. The van der Waals surface area contributed by atoms with Crippen molar-refractivity contribution >= 4 is 17.7 Å². The highest BCUT2D eigenvalue weighted by Crippen LogP contribution is 2.03. The van der Waals surface area contributed by atoms with E-state index in [0.717, 1.165) is 13.0 Å². The molecule has 0 saturated carbocycles. The zero-order chi connectivity index (χ0) is 11.7. The Bertz CT molecular complexity index is 181. The standard InChI is InChI=1S/C11H25N3S/c1-5-15-7-6-10(4)14-11(12)13-8-9(2)3/h9-10H,5-8H2,1-4H3,(H3,12,13,14). The van der Waals surface area contributed by atoms with Gasteiger partial charge in [-0.3, -0.25) is 4.99 Å². The Balaban J connectivity index is 3.65. The molecule has 0 spiro atoms. The molecular formula is C11H25N3S. The zero-order valence-corrected chi connectivity index (χ0v) is 11.2. The average Bonchev–Trinajstić information content (AvgIpc) is 2.15. The molecule has 0 amide bonds. The third-order valence-electron chi connectivity index (χ3n) is 1.92. The molecule has 3 N–H and O–H groups in total. The molecule has 0 aliphatic carbocycles. The van der Waals surface area contributed by atoms with Gasteiger partial charge in [0.2, 0.25) is 0 Å². The molecule has 90 valence electrons. The van der Waals surface area contributed by atoms with Crippen LogP contribution in [0, 0.1) is 5.92 Å². The Hall–Kier alpha value is -0.380. The van der Waals surface area contributed by atoms with Gasteiger partial charge >= 0.3 is 0 Å². The highest BCUT2D eigenvalue weighted by molar-refractivity contribution is 7.99. The zero-order valence-electron chi connectivity index (χ0n) is 10.4. The van der Waals surface area contributed by atoms with E-state index in [2.05, 4.69) is 38.0 Å². The van der Waals surface area contributed by atoms with Crippen LogP contribution < -0.4 is 11.1 Å². The Morgan fingerprint density at radius 1 is 1.40 bits per heavy atom. The number of guanidine groups is 1. The predicted molar refractivity (Wildman–Crippen MR) is 71.5 cm³/mol. The minimum Gasteiger partial charge on any atom is -0.370 e. The summed E-state index contributed by atoms with van der Waals surface area (Å²) in [7, 11) is 0. The smallest absolute Gasteiger partial charge is 0.188 e. The van der Waals surface area contributed by atoms with E-state index in [1.807, 2.05) is 11.8 Å². The Kier molecular flexibility index (Phi) is 8.67. The number of thioether (sulfide) groups is 1. The van der Waals surface area contributed by atoms with Gasteiger partial charge < -0.3 is 11.1 Å². The molecule has 1 unspecified atom stereocenters. The van der Waals surface area contributed by atoms with Crippen molar-refractivity contribution in [3.63, 3.8) is 0 Å². The maximum Gasteiger partial charge on any atom is 0.188 e. The molecule has 0 bridgehead atoms. The highest BCUT2D eigenvalue weighted by Gasteiger charge is 2.02. The van der Waals surface area contributed by atoms with Crippen molar-refractivity contribution in [1.29, 1.82) is 0 Å². The molecule has 0 aromatic heterocycles. The van der Waals surface area contributed by atoms with E-state index in [1.54, 1.807) is 0 Å². The fourth-order valence-electron chi connectivity index (χ4n) is 1.06. The molecule has 0 saturated heterocycles. The minimum atomic E-state index is 0.417.